The number of nitrogens with two attached hydrogens (primary N) is 1. The Kier molecular flexibility index (Phi) is 4.25. The van der Waals surface area contributed by atoms with Crippen molar-refractivity contribution in [3.05, 3.63) is 35.6 Å². The highest BCUT2D eigenvalue weighted by Gasteiger charge is 2.21. The number of halogens is 1. The average Bonchev–Trinajstić information content (AvgIpc) is 2.21. The molecule has 4 nitrogen and oxygen atoms in total. The fraction of sp³-hybridized carbons (Fsp3) is 0.364. The van der Waals surface area contributed by atoms with Crippen LogP contribution in [0.5, 0.6) is 0 Å². The van der Waals surface area contributed by atoms with E-state index >= 15 is 0 Å². The summed E-state index contributed by atoms with van der Waals surface area (Å²) in [5.74, 6) is -0.331. The Labute approximate surface area is 93.2 Å². The number of primary amides is 1. The summed E-state index contributed by atoms with van der Waals surface area (Å²) in [5, 5.41) is 0. The molecule has 0 saturated carbocycles. The maximum absolute atomic E-state index is 12.7. The topological polar surface area (TPSA) is 61.6 Å². The van der Waals surface area contributed by atoms with Crippen molar-refractivity contribution in [2.45, 2.75) is 19.1 Å². The molecule has 1 amide bonds. The van der Waals surface area contributed by atoms with E-state index in [1.54, 1.807) is 19.1 Å². The quantitative estimate of drug-likeness (QED) is 0.855. The minimum Gasteiger partial charge on any atom is -0.444 e. The molecule has 0 bridgehead atoms. The van der Waals surface area contributed by atoms with Crippen molar-refractivity contribution in [2.24, 2.45) is 5.73 Å². The molecule has 88 valence electrons. The second kappa shape index (κ2) is 5.46. The van der Waals surface area contributed by atoms with Crippen LogP contribution in [0.3, 0.4) is 0 Å². The third kappa shape index (κ3) is 3.20. The van der Waals surface area contributed by atoms with Crippen LogP contribution in [-0.4, -0.2) is 19.3 Å². The first-order chi connectivity index (χ1) is 7.54. The second-order valence-corrected chi connectivity index (χ2v) is 3.35. The van der Waals surface area contributed by atoms with Crippen molar-refractivity contribution in [1.82, 2.24) is 0 Å². The first kappa shape index (κ1) is 12.4. The Bertz CT molecular complexity index is 353. The summed E-state index contributed by atoms with van der Waals surface area (Å²) < 4.78 is 22.7. The second-order valence-electron chi connectivity index (χ2n) is 3.35. The molecule has 2 unspecified atom stereocenters. The normalized spacial score (nSPS) is 14.2. The molecule has 1 aromatic carbocycles. The van der Waals surface area contributed by atoms with E-state index in [1.807, 2.05) is 0 Å². The molecule has 0 aliphatic rings. The number of amides is 1. The number of benzene rings is 1. The number of methoxy groups -OCH3 is 1. The fourth-order valence-corrected chi connectivity index (χ4v) is 1.50. The van der Waals surface area contributed by atoms with Gasteiger partial charge in [-0.1, -0.05) is 12.1 Å². The zero-order valence-electron chi connectivity index (χ0n) is 9.14. The van der Waals surface area contributed by atoms with Gasteiger partial charge in [-0.2, -0.15) is 0 Å². The van der Waals surface area contributed by atoms with E-state index in [2.05, 4.69) is 0 Å². The molecule has 0 aliphatic heterocycles. The molecule has 1 rings (SSSR count). The lowest BCUT2D eigenvalue weighted by Gasteiger charge is -2.22. The molecule has 0 saturated heterocycles. The van der Waals surface area contributed by atoms with Gasteiger partial charge in [0.25, 0.3) is 0 Å². The minimum atomic E-state index is -0.864. The molecule has 2 N–H and O–H groups in total. The van der Waals surface area contributed by atoms with Gasteiger partial charge in [-0.25, -0.2) is 9.18 Å². The number of rotatable bonds is 4. The first-order valence-corrected chi connectivity index (χ1v) is 4.79. The van der Waals surface area contributed by atoms with Crippen LogP contribution in [0.15, 0.2) is 24.3 Å². The number of carbonyl (C=O) groups is 1. The number of hydrogen-bond donors (Lipinski definition) is 1. The van der Waals surface area contributed by atoms with Crippen LogP contribution in [0.25, 0.3) is 0 Å². The van der Waals surface area contributed by atoms with Gasteiger partial charge in [-0.15, -0.1) is 0 Å². The minimum absolute atomic E-state index is 0.331. The molecule has 16 heavy (non-hydrogen) atoms. The van der Waals surface area contributed by atoms with Crippen LogP contribution in [0, 0.1) is 5.82 Å². The predicted octanol–water partition coefficient (Wildman–Crippen LogP) is 2.00. The Morgan fingerprint density at radius 2 is 1.94 bits per heavy atom. The Morgan fingerprint density at radius 1 is 1.38 bits per heavy atom. The third-order valence-corrected chi connectivity index (χ3v) is 2.18. The summed E-state index contributed by atoms with van der Waals surface area (Å²) in [5.41, 5.74) is 5.63. The fourth-order valence-electron chi connectivity index (χ4n) is 1.50. The number of hydrogen-bond acceptors (Lipinski definition) is 3. The molecular formula is C11H14FNO3. The lowest BCUT2D eigenvalue weighted by Crippen LogP contribution is -2.26. The number of carbonyl (C=O) groups excluding carboxylic acids is 1. The van der Waals surface area contributed by atoms with Gasteiger partial charge in [0.2, 0.25) is 0 Å². The van der Waals surface area contributed by atoms with Crippen molar-refractivity contribution in [1.29, 1.82) is 0 Å². The van der Waals surface area contributed by atoms with Crippen LogP contribution < -0.4 is 5.73 Å². The predicted molar refractivity (Wildman–Crippen MR) is 56.3 cm³/mol. The molecule has 0 radical (unpaired) electrons. The molecule has 2 atom stereocenters. The van der Waals surface area contributed by atoms with Crippen LogP contribution in [0.1, 0.15) is 18.6 Å². The summed E-state index contributed by atoms with van der Waals surface area (Å²) in [7, 11) is 1.48. The van der Waals surface area contributed by atoms with Crippen molar-refractivity contribution in [3.8, 4) is 0 Å². The zero-order chi connectivity index (χ0) is 12.1. The smallest absolute Gasteiger partial charge is 0.404 e. The summed E-state index contributed by atoms with van der Waals surface area (Å²) in [6, 6.07) is 5.78. The highest BCUT2D eigenvalue weighted by molar-refractivity contribution is 5.64. The largest absolute Gasteiger partial charge is 0.444 e. The summed E-state index contributed by atoms with van der Waals surface area (Å²) in [6.07, 6.45) is -1.86. The van der Waals surface area contributed by atoms with E-state index in [1.165, 1.54) is 19.2 Å². The van der Waals surface area contributed by atoms with Gasteiger partial charge in [0, 0.05) is 7.11 Å². The van der Waals surface area contributed by atoms with Crippen LogP contribution >= 0.6 is 0 Å². The van der Waals surface area contributed by atoms with Gasteiger partial charge in [-0.05, 0) is 24.6 Å². The maximum Gasteiger partial charge on any atom is 0.404 e. The Balaban J connectivity index is 2.81. The van der Waals surface area contributed by atoms with E-state index in [0.717, 1.165) is 5.56 Å². The van der Waals surface area contributed by atoms with E-state index in [9.17, 15) is 9.18 Å². The molecule has 0 aromatic heterocycles. The highest BCUT2D eigenvalue weighted by Crippen LogP contribution is 2.22. The van der Waals surface area contributed by atoms with E-state index in [4.69, 9.17) is 15.2 Å². The van der Waals surface area contributed by atoms with E-state index in [0.29, 0.717) is 0 Å². The average molecular weight is 227 g/mol. The summed E-state index contributed by atoms with van der Waals surface area (Å²) in [4.78, 5) is 10.6. The standard InChI is InChI=1S/C11H14FNO3/c1-7(16-11(13)14)10(15-2)8-3-5-9(12)6-4-8/h3-7,10H,1-2H3,(H2,13,14). The number of ether oxygens (including phenoxy) is 2. The van der Waals surface area contributed by atoms with E-state index in [-0.39, 0.29) is 5.82 Å². The van der Waals surface area contributed by atoms with Crippen LogP contribution in [0.2, 0.25) is 0 Å². The van der Waals surface area contributed by atoms with Crippen LogP contribution in [0.4, 0.5) is 9.18 Å². The van der Waals surface area contributed by atoms with Crippen molar-refractivity contribution in [3.63, 3.8) is 0 Å². The Hall–Kier alpha value is -1.62. The van der Waals surface area contributed by atoms with Crippen LogP contribution in [-0.2, 0) is 9.47 Å². The van der Waals surface area contributed by atoms with Gasteiger partial charge in [0.15, 0.2) is 0 Å². The maximum atomic E-state index is 12.7. The lowest BCUT2D eigenvalue weighted by atomic mass is 10.1. The molecule has 1 aromatic rings. The van der Waals surface area contributed by atoms with Gasteiger partial charge in [0.05, 0.1) is 0 Å². The third-order valence-electron chi connectivity index (χ3n) is 2.18. The van der Waals surface area contributed by atoms with Crippen molar-refractivity contribution >= 4 is 6.09 Å². The first-order valence-electron chi connectivity index (χ1n) is 4.79. The van der Waals surface area contributed by atoms with Crippen molar-refractivity contribution in [2.75, 3.05) is 7.11 Å². The van der Waals surface area contributed by atoms with Gasteiger partial charge in [0.1, 0.15) is 18.0 Å². The Morgan fingerprint density at radius 3 is 2.38 bits per heavy atom. The summed E-state index contributed by atoms with van der Waals surface area (Å²) in [6.45, 7) is 1.66. The van der Waals surface area contributed by atoms with Gasteiger partial charge < -0.3 is 15.2 Å². The molecule has 5 heteroatoms. The molecular weight excluding hydrogens is 213 g/mol. The highest BCUT2D eigenvalue weighted by atomic mass is 19.1. The molecule has 0 heterocycles. The van der Waals surface area contributed by atoms with E-state index < -0.39 is 18.3 Å². The molecule has 0 aliphatic carbocycles. The molecule has 0 spiro atoms. The SMILES string of the molecule is COC(c1ccc(F)cc1)C(C)OC(N)=O. The van der Waals surface area contributed by atoms with Gasteiger partial charge in [-0.3, -0.25) is 0 Å². The summed E-state index contributed by atoms with van der Waals surface area (Å²) >= 11 is 0. The zero-order valence-corrected chi connectivity index (χ0v) is 9.14. The lowest BCUT2D eigenvalue weighted by molar-refractivity contribution is -0.0121. The monoisotopic (exact) mass is 227 g/mol. The molecule has 0 fully saturated rings. The van der Waals surface area contributed by atoms with Gasteiger partial charge >= 0.3 is 6.09 Å². The van der Waals surface area contributed by atoms with Crippen molar-refractivity contribution < 1.29 is 18.7 Å².